The van der Waals surface area contributed by atoms with Crippen LogP contribution in [0.2, 0.25) is 0 Å². The molecule has 9 nitrogen and oxygen atoms in total. The van der Waals surface area contributed by atoms with E-state index in [0.717, 1.165) is 63.2 Å². The van der Waals surface area contributed by atoms with Crippen molar-refractivity contribution in [2.24, 2.45) is 7.05 Å². The highest BCUT2D eigenvalue weighted by molar-refractivity contribution is 9.10. The number of halogens is 1. The fourth-order valence-corrected chi connectivity index (χ4v) is 7.56. The number of imide groups is 1. The maximum absolute atomic E-state index is 12.3. The number of benzene rings is 2. The highest BCUT2D eigenvalue weighted by Gasteiger charge is 2.29. The Morgan fingerprint density at radius 1 is 0.886 bits per heavy atom. The normalized spacial score (nSPS) is 23.8. The van der Waals surface area contributed by atoms with E-state index in [4.69, 9.17) is 0 Å². The Morgan fingerprint density at radius 3 is 2.25 bits per heavy atom. The zero-order valence-corrected chi connectivity index (χ0v) is 27.1. The second-order valence-electron chi connectivity index (χ2n) is 12.8. The first-order valence-electron chi connectivity index (χ1n) is 15.6. The Labute approximate surface area is 267 Å². The van der Waals surface area contributed by atoms with Gasteiger partial charge in [-0.1, -0.05) is 48.5 Å². The van der Waals surface area contributed by atoms with Gasteiger partial charge in [-0.05, 0) is 95.8 Å². The Bertz CT molecular complexity index is 1550. The molecule has 2 N–H and O–H groups in total. The second kappa shape index (κ2) is 13.3. The minimum Gasteiger partial charge on any atom is -0.379 e. The summed E-state index contributed by atoms with van der Waals surface area (Å²) in [6.45, 7) is 5.01. The summed E-state index contributed by atoms with van der Waals surface area (Å²) in [5.74, 6) is 0.375. The highest BCUT2D eigenvalue weighted by Crippen LogP contribution is 2.33. The molecule has 3 saturated heterocycles. The third-order valence-electron chi connectivity index (χ3n) is 9.57. The Balaban J connectivity index is 1.00. The first-order chi connectivity index (χ1) is 21.2. The molecule has 3 fully saturated rings. The van der Waals surface area contributed by atoms with Gasteiger partial charge in [0.25, 0.3) is 5.56 Å². The molecule has 44 heavy (non-hydrogen) atoms. The molecular formula is C34H41BrN6O3. The summed E-state index contributed by atoms with van der Waals surface area (Å²) < 4.78 is 1.86. The van der Waals surface area contributed by atoms with Gasteiger partial charge in [0.05, 0.1) is 17.8 Å². The van der Waals surface area contributed by atoms with Gasteiger partial charge in [-0.15, -0.1) is 0 Å². The van der Waals surface area contributed by atoms with E-state index in [2.05, 4.69) is 97.0 Å². The molecule has 0 saturated carbocycles. The van der Waals surface area contributed by atoms with Crippen molar-refractivity contribution in [2.45, 2.75) is 62.4 Å². The molecular weight excluding hydrogens is 620 g/mol. The molecule has 0 spiro atoms. The van der Waals surface area contributed by atoms with Crippen molar-refractivity contribution in [2.75, 3.05) is 38.5 Å². The first kappa shape index (κ1) is 30.7. The average Bonchev–Trinajstić information content (AvgIpc) is 3.02. The van der Waals surface area contributed by atoms with E-state index < -0.39 is 0 Å². The van der Waals surface area contributed by atoms with Gasteiger partial charge in [0.2, 0.25) is 11.8 Å². The number of likely N-dealkylation sites (tertiary alicyclic amines) is 2. The number of hydrogen-bond acceptors (Lipinski definition) is 7. The number of piperidine rings is 3. The molecule has 3 aromatic rings. The van der Waals surface area contributed by atoms with Crippen LogP contribution >= 0.6 is 15.9 Å². The van der Waals surface area contributed by atoms with Crippen LogP contribution in [0, 0.1) is 0 Å². The van der Waals surface area contributed by atoms with Gasteiger partial charge < -0.3 is 10.2 Å². The molecule has 3 aliphatic heterocycles. The van der Waals surface area contributed by atoms with Crippen molar-refractivity contribution in [1.82, 2.24) is 24.9 Å². The fraction of sp³-hybridized carbons (Fsp3) is 0.471. The van der Waals surface area contributed by atoms with Crippen molar-refractivity contribution >= 4 is 33.4 Å². The van der Waals surface area contributed by atoms with Gasteiger partial charge in [-0.3, -0.25) is 24.6 Å². The molecule has 10 heteroatoms. The van der Waals surface area contributed by atoms with Gasteiger partial charge in [0, 0.05) is 39.1 Å². The number of hydrogen-bond donors (Lipinski definition) is 2. The topological polar surface area (TPSA) is 99.6 Å². The number of anilines is 1. The van der Waals surface area contributed by atoms with Crippen molar-refractivity contribution in [3.63, 3.8) is 0 Å². The van der Waals surface area contributed by atoms with Gasteiger partial charge in [-0.2, -0.15) is 5.10 Å². The van der Waals surface area contributed by atoms with Gasteiger partial charge >= 0.3 is 0 Å². The maximum Gasteiger partial charge on any atom is 0.282 e. The number of carbonyl (C=O) groups is 2. The summed E-state index contributed by atoms with van der Waals surface area (Å²) in [6, 6.07) is 17.9. The Kier molecular flexibility index (Phi) is 9.30. The van der Waals surface area contributed by atoms with E-state index in [9.17, 15) is 14.4 Å². The van der Waals surface area contributed by atoms with E-state index >= 15 is 0 Å². The Hall–Kier alpha value is -3.34. The standard InChI is InChI=1S/C34H41BrN6O3/c1-39-20-27(17-28(21-39)37-30-18-36-40(2)34(44)32(30)35)24-5-3-22(4-6-24)19-41-15-13-25(14-16-41)23-7-9-26(10-8-23)29-11-12-31(42)38-33(29)43/h3-10,18,25,27-29,37H,11-17,19-21H2,1-2H3,(H,38,42,43)/t27-,28+,29?/m0/s1. The van der Waals surface area contributed by atoms with Crippen molar-refractivity contribution in [1.29, 1.82) is 0 Å². The van der Waals surface area contributed by atoms with E-state index in [1.807, 2.05) is 0 Å². The molecule has 6 rings (SSSR count). The van der Waals surface area contributed by atoms with Gasteiger partial charge in [0.1, 0.15) is 4.47 Å². The number of aryl methyl sites for hydroxylation is 1. The molecule has 0 bridgehead atoms. The number of aromatic nitrogens is 2. The molecule has 3 atom stereocenters. The summed E-state index contributed by atoms with van der Waals surface area (Å²) in [5, 5.41) is 10.2. The number of nitrogens with zero attached hydrogens (tertiary/aromatic N) is 4. The van der Waals surface area contributed by atoms with Crippen LogP contribution in [0.5, 0.6) is 0 Å². The third kappa shape index (κ3) is 6.98. The van der Waals surface area contributed by atoms with Crippen LogP contribution in [0.4, 0.5) is 5.69 Å². The molecule has 1 unspecified atom stereocenters. The monoisotopic (exact) mass is 660 g/mol. The lowest BCUT2D eigenvalue weighted by Gasteiger charge is -2.37. The number of likely N-dealkylation sites (N-methyl/N-ethyl adjacent to an activating group) is 1. The van der Waals surface area contributed by atoms with Crippen molar-refractivity contribution < 1.29 is 9.59 Å². The lowest BCUT2D eigenvalue weighted by molar-refractivity contribution is -0.134. The molecule has 2 aromatic carbocycles. The average molecular weight is 662 g/mol. The van der Waals surface area contributed by atoms with Crippen LogP contribution in [0.15, 0.2) is 64.0 Å². The number of carbonyl (C=O) groups excluding carboxylic acids is 2. The molecule has 0 radical (unpaired) electrons. The quantitative estimate of drug-likeness (QED) is 0.364. The highest BCUT2D eigenvalue weighted by atomic mass is 79.9. The maximum atomic E-state index is 12.3. The SMILES string of the molecule is CN1C[C@H](Nc2cnn(C)c(=O)c2Br)C[C@H](c2ccc(CN3CCC(c4ccc(C5CCC(=O)NC5=O)cc4)CC3)cc2)C1. The fourth-order valence-electron chi connectivity index (χ4n) is 7.09. The zero-order chi connectivity index (χ0) is 30.8. The molecule has 2 amide bonds. The summed E-state index contributed by atoms with van der Waals surface area (Å²) in [4.78, 5) is 40.9. The minimum atomic E-state index is -0.224. The van der Waals surface area contributed by atoms with E-state index in [-0.39, 0.29) is 29.3 Å². The summed E-state index contributed by atoms with van der Waals surface area (Å²) in [5.41, 5.74) is 5.64. The predicted molar refractivity (Wildman–Crippen MR) is 175 cm³/mol. The molecule has 232 valence electrons. The largest absolute Gasteiger partial charge is 0.379 e. The van der Waals surface area contributed by atoms with Crippen LogP contribution in [0.25, 0.3) is 0 Å². The zero-order valence-electron chi connectivity index (χ0n) is 25.5. The van der Waals surface area contributed by atoms with Crippen LogP contribution in [0.3, 0.4) is 0 Å². The minimum absolute atomic E-state index is 0.142. The third-order valence-corrected chi connectivity index (χ3v) is 10.3. The Morgan fingerprint density at radius 2 is 1.55 bits per heavy atom. The van der Waals surface area contributed by atoms with Crippen LogP contribution in [0.1, 0.15) is 72.1 Å². The molecule has 3 aliphatic rings. The van der Waals surface area contributed by atoms with Gasteiger partial charge in [0.15, 0.2) is 0 Å². The molecule has 4 heterocycles. The lowest BCUT2D eigenvalue weighted by atomic mass is 9.86. The second-order valence-corrected chi connectivity index (χ2v) is 13.6. The van der Waals surface area contributed by atoms with E-state index in [1.54, 1.807) is 13.2 Å². The van der Waals surface area contributed by atoms with Crippen molar-refractivity contribution in [3.05, 3.63) is 91.8 Å². The summed E-state index contributed by atoms with van der Waals surface area (Å²) in [7, 11) is 3.81. The van der Waals surface area contributed by atoms with Crippen LogP contribution in [-0.2, 0) is 23.2 Å². The number of amides is 2. The number of rotatable bonds is 7. The summed E-state index contributed by atoms with van der Waals surface area (Å²) >= 11 is 3.44. The summed E-state index contributed by atoms with van der Waals surface area (Å²) in [6.07, 6.45) is 5.95. The van der Waals surface area contributed by atoms with E-state index in [1.165, 1.54) is 21.4 Å². The first-order valence-corrected chi connectivity index (χ1v) is 16.4. The molecule has 0 aliphatic carbocycles. The van der Waals surface area contributed by atoms with E-state index in [0.29, 0.717) is 29.2 Å². The van der Waals surface area contributed by atoms with Crippen LogP contribution < -0.4 is 16.2 Å². The van der Waals surface area contributed by atoms with Gasteiger partial charge in [-0.25, -0.2) is 4.68 Å². The molecule has 1 aromatic heterocycles. The van der Waals surface area contributed by atoms with Crippen LogP contribution in [-0.4, -0.2) is 70.7 Å². The van der Waals surface area contributed by atoms with Crippen molar-refractivity contribution in [3.8, 4) is 0 Å². The lowest BCUT2D eigenvalue weighted by Crippen LogP contribution is -2.43. The smallest absolute Gasteiger partial charge is 0.282 e. The number of nitrogens with one attached hydrogen (secondary N) is 2. The predicted octanol–water partition coefficient (Wildman–Crippen LogP) is 4.34.